The molecule has 1 aliphatic rings. The van der Waals surface area contributed by atoms with Gasteiger partial charge in [-0.3, -0.25) is 14.9 Å². The van der Waals surface area contributed by atoms with Crippen molar-refractivity contribution in [2.24, 2.45) is 0 Å². The number of carbonyl (C=O) groups is 1. The van der Waals surface area contributed by atoms with Crippen molar-refractivity contribution < 1.29 is 14.5 Å². The smallest absolute Gasteiger partial charge is 0.270 e. The number of benzene rings is 1. The van der Waals surface area contributed by atoms with Gasteiger partial charge in [-0.1, -0.05) is 6.07 Å². The zero-order valence-electron chi connectivity index (χ0n) is 14.5. The van der Waals surface area contributed by atoms with Crippen molar-refractivity contribution in [2.45, 2.75) is 12.5 Å². The van der Waals surface area contributed by atoms with Gasteiger partial charge in [0.15, 0.2) is 5.82 Å². The molecule has 1 fully saturated rings. The fourth-order valence-electron chi connectivity index (χ4n) is 2.73. The Kier molecular flexibility index (Phi) is 4.97. The molecular formula is C17H19N5O4. The Morgan fingerprint density at radius 3 is 2.77 bits per heavy atom. The Morgan fingerprint density at radius 1 is 1.31 bits per heavy atom. The van der Waals surface area contributed by atoms with Gasteiger partial charge in [-0.25, -0.2) is 0 Å². The molecule has 1 aromatic heterocycles. The Bertz CT molecular complexity index is 809. The number of nitro benzene ring substituents is 1. The molecule has 1 aromatic carbocycles. The number of anilines is 1. The highest BCUT2D eigenvalue weighted by Gasteiger charge is 2.29. The van der Waals surface area contributed by atoms with Crippen LogP contribution in [0.3, 0.4) is 0 Å². The van der Waals surface area contributed by atoms with E-state index >= 15 is 0 Å². The predicted molar refractivity (Wildman–Crippen MR) is 94.4 cm³/mol. The van der Waals surface area contributed by atoms with Gasteiger partial charge in [-0.05, 0) is 12.1 Å². The van der Waals surface area contributed by atoms with Crippen LogP contribution in [-0.4, -0.2) is 59.2 Å². The molecule has 0 saturated carbocycles. The molecule has 1 atom stereocenters. The van der Waals surface area contributed by atoms with Crippen LogP contribution >= 0.6 is 0 Å². The molecule has 1 saturated heterocycles. The number of aromatic nitrogens is 2. The quantitative estimate of drug-likeness (QED) is 0.593. The molecule has 0 spiro atoms. The first kappa shape index (κ1) is 17.6. The van der Waals surface area contributed by atoms with Crippen LogP contribution in [0.25, 0.3) is 0 Å². The maximum atomic E-state index is 12.6. The van der Waals surface area contributed by atoms with E-state index in [0.717, 1.165) is 5.82 Å². The molecule has 0 bridgehead atoms. The number of likely N-dealkylation sites (tertiary alicyclic amines) is 1. The number of hydrogen-bond donors (Lipinski definition) is 0. The second-order valence-electron chi connectivity index (χ2n) is 6.21. The first-order valence-electron chi connectivity index (χ1n) is 8.15. The second kappa shape index (κ2) is 7.34. The molecule has 9 nitrogen and oxygen atoms in total. The van der Waals surface area contributed by atoms with Crippen molar-refractivity contribution in [2.75, 3.05) is 32.1 Å². The van der Waals surface area contributed by atoms with Crippen LogP contribution in [-0.2, 0) is 0 Å². The highest BCUT2D eigenvalue weighted by atomic mass is 16.6. The molecule has 136 valence electrons. The van der Waals surface area contributed by atoms with Crippen LogP contribution in [0.15, 0.2) is 36.4 Å². The summed E-state index contributed by atoms with van der Waals surface area (Å²) < 4.78 is 5.79. The van der Waals surface area contributed by atoms with E-state index in [9.17, 15) is 14.9 Å². The summed E-state index contributed by atoms with van der Waals surface area (Å²) in [6, 6.07) is 9.30. The Hall–Kier alpha value is -3.23. The Balaban J connectivity index is 1.62. The normalized spacial score (nSPS) is 16.4. The average molecular weight is 357 g/mol. The van der Waals surface area contributed by atoms with Gasteiger partial charge in [0, 0.05) is 50.8 Å². The second-order valence-corrected chi connectivity index (χ2v) is 6.21. The van der Waals surface area contributed by atoms with Crippen LogP contribution in [0.4, 0.5) is 11.5 Å². The molecule has 26 heavy (non-hydrogen) atoms. The van der Waals surface area contributed by atoms with Gasteiger partial charge in [-0.15, -0.1) is 10.2 Å². The van der Waals surface area contributed by atoms with Crippen LogP contribution in [0.5, 0.6) is 5.88 Å². The van der Waals surface area contributed by atoms with Gasteiger partial charge < -0.3 is 14.5 Å². The highest BCUT2D eigenvalue weighted by Crippen LogP contribution is 2.21. The molecule has 0 radical (unpaired) electrons. The molecule has 0 aliphatic carbocycles. The molecule has 1 amide bonds. The summed E-state index contributed by atoms with van der Waals surface area (Å²) in [4.78, 5) is 26.4. The highest BCUT2D eigenvalue weighted by molar-refractivity contribution is 5.95. The lowest BCUT2D eigenvalue weighted by Gasteiger charge is -2.17. The zero-order valence-corrected chi connectivity index (χ0v) is 14.5. The standard InChI is InChI=1S/C17H19N5O4/c1-20(2)15-6-7-16(19-18-15)26-14-8-9-21(11-14)17(23)12-4-3-5-13(10-12)22(24)25/h3-7,10,14H,8-9,11H2,1-2H3. The minimum absolute atomic E-state index is 0.0981. The van der Waals surface area contributed by atoms with Crippen LogP contribution in [0, 0.1) is 10.1 Å². The van der Waals surface area contributed by atoms with Crippen molar-refractivity contribution >= 4 is 17.4 Å². The first-order valence-corrected chi connectivity index (χ1v) is 8.15. The van der Waals surface area contributed by atoms with Gasteiger partial charge in [0.1, 0.15) is 6.10 Å². The van der Waals surface area contributed by atoms with E-state index in [1.165, 1.54) is 18.2 Å². The number of carbonyl (C=O) groups excluding carboxylic acids is 1. The molecule has 1 aliphatic heterocycles. The van der Waals surface area contributed by atoms with Crippen LogP contribution in [0.2, 0.25) is 0 Å². The van der Waals surface area contributed by atoms with E-state index in [2.05, 4.69) is 10.2 Å². The van der Waals surface area contributed by atoms with Crippen LogP contribution in [0.1, 0.15) is 16.8 Å². The molecule has 2 aromatic rings. The van der Waals surface area contributed by atoms with Gasteiger partial charge in [0.05, 0.1) is 11.5 Å². The lowest BCUT2D eigenvalue weighted by Crippen LogP contribution is -2.31. The minimum Gasteiger partial charge on any atom is -0.471 e. The summed E-state index contributed by atoms with van der Waals surface area (Å²) in [6.45, 7) is 0.925. The third-order valence-corrected chi connectivity index (χ3v) is 4.11. The van der Waals surface area contributed by atoms with Crippen molar-refractivity contribution in [1.29, 1.82) is 0 Å². The van der Waals surface area contributed by atoms with Crippen molar-refractivity contribution in [3.05, 3.63) is 52.1 Å². The summed E-state index contributed by atoms with van der Waals surface area (Å²) in [7, 11) is 3.75. The number of amides is 1. The maximum absolute atomic E-state index is 12.6. The van der Waals surface area contributed by atoms with Crippen molar-refractivity contribution in [1.82, 2.24) is 15.1 Å². The van der Waals surface area contributed by atoms with Gasteiger partial charge in [0.25, 0.3) is 11.6 Å². The lowest BCUT2D eigenvalue weighted by molar-refractivity contribution is -0.384. The van der Waals surface area contributed by atoms with Crippen LogP contribution < -0.4 is 9.64 Å². The molecule has 1 unspecified atom stereocenters. The summed E-state index contributed by atoms with van der Waals surface area (Å²) >= 11 is 0. The Morgan fingerprint density at radius 2 is 2.12 bits per heavy atom. The van der Waals surface area contributed by atoms with Crippen molar-refractivity contribution in [3.63, 3.8) is 0 Å². The Labute approximate surface area is 150 Å². The van der Waals surface area contributed by atoms with Gasteiger partial charge in [-0.2, -0.15) is 0 Å². The topological polar surface area (TPSA) is 102 Å². The monoisotopic (exact) mass is 357 g/mol. The number of ether oxygens (including phenoxy) is 1. The number of nitrogens with zero attached hydrogens (tertiary/aromatic N) is 5. The molecular weight excluding hydrogens is 338 g/mol. The van der Waals surface area contributed by atoms with Crippen molar-refractivity contribution in [3.8, 4) is 5.88 Å². The van der Waals surface area contributed by atoms with E-state index < -0.39 is 4.92 Å². The third-order valence-electron chi connectivity index (χ3n) is 4.11. The van der Waals surface area contributed by atoms with E-state index in [-0.39, 0.29) is 17.7 Å². The number of hydrogen-bond acceptors (Lipinski definition) is 7. The largest absolute Gasteiger partial charge is 0.471 e. The van der Waals surface area contributed by atoms with E-state index in [4.69, 9.17) is 4.74 Å². The molecule has 2 heterocycles. The number of nitro groups is 1. The first-order chi connectivity index (χ1) is 12.4. The number of rotatable bonds is 5. The maximum Gasteiger partial charge on any atom is 0.270 e. The zero-order chi connectivity index (χ0) is 18.7. The lowest BCUT2D eigenvalue weighted by atomic mass is 10.2. The average Bonchev–Trinajstić information content (AvgIpc) is 3.10. The third kappa shape index (κ3) is 3.88. The SMILES string of the molecule is CN(C)c1ccc(OC2CCN(C(=O)c3cccc([N+](=O)[O-])c3)C2)nn1. The van der Waals surface area contributed by atoms with E-state index in [1.54, 1.807) is 17.0 Å². The fourth-order valence-corrected chi connectivity index (χ4v) is 2.73. The van der Waals surface area contributed by atoms with Gasteiger partial charge >= 0.3 is 0 Å². The van der Waals surface area contributed by atoms with E-state index in [0.29, 0.717) is 31.0 Å². The van der Waals surface area contributed by atoms with E-state index in [1.807, 2.05) is 25.1 Å². The fraction of sp³-hybridized carbons (Fsp3) is 0.353. The molecule has 0 N–H and O–H groups in total. The molecule has 9 heteroatoms. The number of non-ortho nitro benzene ring substituents is 1. The summed E-state index contributed by atoms with van der Waals surface area (Å²) in [5.41, 5.74) is 0.203. The summed E-state index contributed by atoms with van der Waals surface area (Å²) in [6.07, 6.45) is 0.481. The van der Waals surface area contributed by atoms with Gasteiger partial charge in [0.2, 0.25) is 5.88 Å². The predicted octanol–water partition coefficient (Wildman–Crippen LogP) is 1.74. The molecule has 3 rings (SSSR count). The summed E-state index contributed by atoms with van der Waals surface area (Å²) in [5.74, 6) is 0.894. The summed E-state index contributed by atoms with van der Waals surface area (Å²) in [5, 5.41) is 18.9. The minimum atomic E-state index is -0.511.